The maximum Gasteiger partial charge on any atom is 0.0460 e. The Bertz CT molecular complexity index is 112. The monoisotopic (exact) mass is 143 g/mol. The van der Waals surface area contributed by atoms with Gasteiger partial charge in [-0.25, -0.2) is 0 Å². The normalized spacial score (nSPS) is 32.1. The summed E-state index contributed by atoms with van der Waals surface area (Å²) in [4.78, 5) is 0. The van der Waals surface area contributed by atoms with E-state index in [1.807, 2.05) is 0 Å². The molecule has 0 bridgehead atoms. The first-order chi connectivity index (χ1) is 4.64. The smallest absolute Gasteiger partial charge is 0.0460 e. The van der Waals surface area contributed by atoms with Gasteiger partial charge in [-0.2, -0.15) is 0 Å². The molecule has 2 N–H and O–H groups in total. The quantitative estimate of drug-likeness (QED) is 0.568. The van der Waals surface area contributed by atoms with E-state index in [0.29, 0.717) is 12.5 Å². The van der Waals surface area contributed by atoms with Gasteiger partial charge in [0, 0.05) is 12.1 Å². The van der Waals surface area contributed by atoms with Crippen molar-refractivity contribution < 1.29 is 5.11 Å². The Hall–Kier alpha value is -0.0800. The molecule has 1 atom stereocenters. The molecule has 0 spiro atoms. The summed E-state index contributed by atoms with van der Waals surface area (Å²) in [6, 6.07) is 0. The maximum absolute atomic E-state index is 8.90. The van der Waals surface area contributed by atoms with Gasteiger partial charge in [-0.15, -0.1) is 0 Å². The van der Waals surface area contributed by atoms with Crippen molar-refractivity contribution in [3.63, 3.8) is 0 Å². The lowest BCUT2D eigenvalue weighted by Gasteiger charge is -2.35. The van der Waals surface area contributed by atoms with Crippen LogP contribution in [0.4, 0.5) is 0 Å². The Balaban J connectivity index is 2.40. The number of aliphatic hydroxyl groups is 1. The first-order valence-corrected chi connectivity index (χ1v) is 4.00. The van der Waals surface area contributed by atoms with Gasteiger partial charge in [0.25, 0.3) is 0 Å². The highest BCUT2D eigenvalue weighted by Gasteiger charge is 2.26. The first kappa shape index (κ1) is 8.02. The largest absolute Gasteiger partial charge is 0.396 e. The van der Waals surface area contributed by atoms with E-state index in [4.69, 9.17) is 5.11 Å². The van der Waals surface area contributed by atoms with Crippen molar-refractivity contribution in [3.05, 3.63) is 0 Å². The summed E-state index contributed by atoms with van der Waals surface area (Å²) in [6.45, 7) is 5.78. The molecular weight excluding hydrogens is 126 g/mol. The Morgan fingerprint density at radius 3 is 2.70 bits per heavy atom. The highest BCUT2D eigenvalue weighted by atomic mass is 16.3. The summed E-state index contributed by atoms with van der Waals surface area (Å²) in [7, 11) is 0. The minimum Gasteiger partial charge on any atom is -0.396 e. The van der Waals surface area contributed by atoms with Gasteiger partial charge in [0.1, 0.15) is 0 Å². The lowest BCUT2D eigenvalue weighted by Crippen LogP contribution is -2.46. The van der Waals surface area contributed by atoms with Crippen molar-refractivity contribution >= 4 is 0 Å². The van der Waals surface area contributed by atoms with Crippen molar-refractivity contribution in [1.29, 1.82) is 0 Å². The van der Waals surface area contributed by atoms with Gasteiger partial charge >= 0.3 is 0 Å². The number of rotatable bonds is 1. The molecule has 1 saturated heterocycles. The van der Waals surface area contributed by atoms with Crippen LogP contribution < -0.4 is 5.32 Å². The molecule has 1 heterocycles. The van der Waals surface area contributed by atoms with Crippen LogP contribution >= 0.6 is 0 Å². The van der Waals surface area contributed by atoms with Crippen molar-refractivity contribution in [2.24, 2.45) is 5.92 Å². The number of nitrogens with one attached hydrogen (secondary N) is 1. The minimum atomic E-state index is 0.242. The molecule has 0 aromatic carbocycles. The van der Waals surface area contributed by atoms with E-state index in [9.17, 15) is 0 Å². The van der Waals surface area contributed by atoms with Crippen LogP contribution in [0, 0.1) is 5.92 Å². The molecular formula is C8H17NO. The zero-order chi connectivity index (χ0) is 7.61. The van der Waals surface area contributed by atoms with E-state index < -0.39 is 0 Å². The van der Waals surface area contributed by atoms with Crippen LogP contribution in [0.2, 0.25) is 0 Å². The lowest BCUT2D eigenvalue weighted by molar-refractivity contribution is 0.147. The van der Waals surface area contributed by atoms with E-state index in [1.54, 1.807) is 0 Å². The van der Waals surface area contributed by atoms with Crippen LogP contribution in [0.3, 0.4) is 0 Å². The third-order valence-corrected chi connectivity index (χ3v) is 2.21. The van der Waals surface area contributed by atoms with E-state index in [0.717, 1.165) is 19.4 Å². The second-order valence-electron chi connectivity index (χ2n) is 3.85. The van der Waals surface area contributed by atoms with E-state index in [1.165, 1.54) is 0 Å². The van der Waals surface area contributed by atoms with Gasteiger partial charge < -0.3 is 10.4 Å². The van der Waals surface area contributed by atoms with Crippen LogP contribution in [-0.2, 0) is 0 Å². The Labute approximate surface area is 62.6 Å². The summed E-state index contributed by atoms with van der Waals surface area (Å²) in [5, 5.41) is 12.3. The first-order valence-electron chi connectivity index (χ1n) is 4.00. The second kappa shape index (κ2) is 2.89. The molecule has 1 unspecified atom stereocenters. The van der Waals surface area contributed by atoms with Crippen molar-refractivity contribution in [2.45, 2.75) is 32.2 Å². The maximum atomic E-state index is 8.90. The van der Waals surface area contributed by atoms with E-state index in [2.05, 4.69) is 19.2 Å². The van der Waals surface area contributed by atoms with Gasteiger partial charge in [-0.05, 0) is 39.2 Å². The summed E-state index contributed by atoms with van der Waals surface area (Å²) < 4.78 is 0. The van der Waals surface area contributed by atoms with Crippen LogP contribution in [0.5, 0.6) is 0 Å². The SMILES string of the molecule is CC1(C)CC(CO)CCN1. The topological polar surface area (TPSA) is 32.3 Å². The Morgan fingerprint density at radius 1 is 1.60 bits per heavy atom. The number of hydrogen-bond acceptors (Lipinski definition) is 2. The molecule has 0 aliphatic carbocycles. The third kappa shape index (κ3) is 1.96. The predicted octanol–water partition coefficient (Wildman–Crippen LogP) is 0.757. The zero-order valence-corrected chi connectivity index (χ0v) is 6.85. The van der Waals surface area contributed by atoms with Gasteiger partial charge in [-0.3, -0.25) is 0 Å². The molecule has 10 heavy (non-hydrogen) atoms. The summed E-state index contributed by atoms with van der Waals surface area (Å²) in [5.74, 6) is 0.524. The fraction of sp³-hybridized carbons (Fsp3) is 1.00. The number of piperidine rings is 1. The molecule has 1 aliphatic rings. The molecule has 0 aromatic rings. The highest BCUT2D eigenvalue weighted by Crippen LogP contribution is 2.22. The van der Waals surface area contributed by atoms with Crippen LogP contribution in [0.25, 0.3) is 0 Å². The average molecular weight is 143 g/mol. The molecule has 1 fully saturated rings. The Kier molecular flexibility index (Phi) is 2.32. The fourth-order valence-corrected chi connectivity index (χ4v) is 1.67. The van der Waals surface area contributed by atoms with Gasteiger partial charge in [-0.1, -0.05) is 0 Å². The van der Waals surface area contributed by atoms with Crippen molar-refractivity contribution in [2.75, 3.05) is 13.2 Å². The molecule has 60 valence electrons. The molecule has 2 nitrogen and oxygen atoms in total. The number of aliphatic hydroxyl groups excluding tert-OH is 1. The second-order valence-corrected chi connectivity index (χ2v) is 3.85. The molecule has 0 saturated carbocycles. The average Bonchev–Trinajstić information content (AvgIpc) is 1.86. The molecule has 1 rings (SSSR count). The van der Waals surface area contributed by atoms with Gasteiger partial charge in [0.2, 0.25) is 0 Å². The van der Waals surface area contributed by atoms with Crippen molar-refractivity contribution in [1.82, 2.24) is 5.32 Å². The summed E-state index contributed by atoms with van der Waals surface area (Å²) in [6.07, 6.45) is 2.23. The molecule has 1 aliphatic heterocycles. The van der Waals surface area contributed by atoms with Gasteiger partial charge in [0.05, 0.1) is 0 Å². The van der Waals surface area contributed by atoms with Crippen LogP contribution in [-0.4, -0.2) is 23.8 Å². The van der Waals surface area contributed by atoms with Crippen LogP contribution in [0.15, 0.2) is 0 Å². The third-order valence-electron chi connectivity index (χ3n) is 2.21. The van der Waals surface area contributed by atoms with Gasteiger partial charge in [0.15, 0.2) is 0 Å². The minimum absolute atomic E-state index is 0.242. The van der Waals surface area contributed by atoms with Crippen molar-refractivity contribution in [3.8, 4) is 0 Å². The standard InChI is InChI=1S/C8H17NO/c1-8(2)5-7(6-10)3-4-9-8/h7,9-10H,3-6H2,1-2H3. The summed E-state index contributed by atoms with van der Waals surface area (Å²) in [5.41, 5.74) is 0.242. The van der Waals surface area contributed by atoms with E-state index in [-0.39, 0.29) is 5.54 Å². The Morgan fingerprint density at radius 2 is 2.30 bits per heavy atom. The molecule has 2 heteroatoms. The zero-order valence-electron chi connectivity index (χ0n) is 6.85. The molecule has 0 amide bonds. The molecule has 0 radical (unpaired) electrons. The number of hydrogen-bond donors (Lipinski definition) is 2. The summed E-state index contributed by atoms with van der Waals surface area (Å²) >= 11 is 0. The fourth-order valence-electron chi connectivity index (χ4n) is 1.67. The lowest BCUT2D eigenvalue weighted by atomic mass is 9.85. The molecule has 0 aromatic heterocycles. The van der Waals surface area contributed by atoms with E-state index >= 15 is 0 Å². The highest BCUT2D eigenvalue weighted by molar-refractivity contribution is 4.85. The van der Waals surface area contributed by atoms with Crippen LogP contribution in [0.1, 0.15) is 26.7 Å². The predicted molar refractivity (Wildman–Crippen MR) is 41.9 cm³/mol.